The number of rotatable bonds is 3. The van der Waals surface area contributed by atoms with Crippen molar-refractivity contribution in [3.05, 3.63) is 69.1 Å². The molecular weight excluding hydrogens is 320 g/mol. The first-order chi connectivity index (χ1) is 11.9. The first kappa shape index (κ1) is 16.7. The Morgan fingerprint density at radius 1 is 1.32 bits per heavy atom. The molecule has 1 unspecified atom stereocenters. The fraction of sp³-hybridized carbons (Fsp3) is 0.263. The second-order valence-electron chi connectivity index (χ2n) is 6.05. The number of para-hydroxylation sites is 1. The van der Waals surface area contributed by atoms with Gasteiger partial charge in [0.15, 0.2) is 0 Å². The molecule has 0 bridgehead atoms. The number of nitrogens with two attached hydrogens (primary N) is 1. The van der Waals surface area contributed by atoms with Crippen molar-refractivity contribution in [3.8, 4) is 17.6 Å². The molecule has 0 amide bonds. The molecule has 2 aromatic rings. The summed E-state index contributed by atoms with van der Waals surface area (Å²) in [5.74, 6) is 0.554. The van der Waals surface area contributed by atoms with Crippen LogP contribution in [0.3, 0.4) is 0 Å². The van der Waals surface area contributed by atoms with Crippen LogP contribution < -0.4 is 20.8 Å². The molecule has 2 heterocycles. The maximum absolute atomic E-state index is 12.5. The average Bonchev–Trinajstić information content (AvgIpc) is 2.53. The van der Waals surface area contributed by atoms with E-state index in [-0.39, 0.29) is 23.1 Å². The summed E-state index contributed by atoms with van der Waals surface area (Å²) in [6.07, 6.45) is -0.0678. The lowest BCUT2D eigenvalue weighted by Crippen LogP contribution is -2.26. The van der Waals surface area contributed by atoms with Crippen LogP contribution >= 0.6 is 0 Å². The molecule has 25 heavy (non-hydrogen) atoms. The summed E-state index contributed by atoms with van der Waals surface area (Å²) in [7, 11) is 0. The quantitative estimate of drug-likeness (QED) is 0.924. The number of fused-ring (bicyclic) bond motifs is 1. The van der Waals surface area contributed by atoms with Gasteiger partial charge in [0.25, 0.3) is 0 Å². The zero-order valence-electron chi connectivity index (χ0n) is 14.2. The van der Waals surface area contributed by atoms with Gasteiger partial charge in [0, 0.05) is 11.6 Å². The van der Waals surface area contributed by atoms with Crippen LogP contribution in [-0.2, 0) is 0 Å². The molecule has 1 atom stereocenters. The lowest BCUT2D eigenvalue weighted by Gasteiger charge is -2.27. The number of nitrogens with zero attached hydrogens (tertiary/aromatic N) is 1. The molecule has 6 nitrogen and oxygen atoms in total. The van der Waals surface area contributed by atoms with E-state index in [4.69, 9.17) is 19.6 Å². The van der Waals surface area contributed by atoms with E-state index >= 15 is 0 Å². The van der Waals surface area contributed by atoms with Gasteiger partial charge >= 0.3 is 5.63 Å². The first-order valence-electron chi connectivity index (χ1n) is 7.90. The Hall–Kier alpha value is -3.20. The third-order valence-electron chi connectivity index (χ3n) is 3.85. The lowest BCUT2D eigenvalue weighted by molar-refractivity contribution is 0.239. The summed E-state index contributed by atoms with van der Waals surface area (Å²) in [6.45, 7) is 5.46. The van der Waals surface area contributed by atoms with Gasteiger partial charge < -0.3 is 19.6 Å². The fourth-order valence-electron chi connectivity index (χ4n) is 2.91. The van der Waals surface area contributed by atoms with Gasteiger partial charge in [-0.2, -0.15) is 5.26 Å². The molecule has 1 aromatic carbocycles. The topological polar surface area (TPSA) is 98.5 Å². The highest BCUT2D eigenvalue weighted by Gasteiger charge is 2.35. The van der Waals surface area contributed by atoms with Crippen molar-refractivity contribution in [2.75, 3.05) is 0 Å². The van der Waals surface area contributed by atoms with Crippen LogP contribution in [-0.4, -0.2) is 6.10 Å². The Labute approximate surface area is 145 Å². The monoisotopic (exact) mass is 338 g/mol. The number of ether oxygens (including phenoxy) is 2. The molecular formula is C19H18N2O4. The SMILES string of the molecule is Cc1cc2c(c(=O)o1)C(c1ccccc1OC(C)C)C(C#N)=C(N)O2. The minimum atomic E-state index is -0.708. The van der Waals surface area contributed by atoms with Gasteiger partial charge in [-0.15, -0.1) is 0 Å². The Bertz CT molecular complexity index is 951. The first-order valence-corrected chi connectivity index (χ1v) is 7.90. The van der Waals surface area contributed by atoms with Gasteiger partial charge in [0.05, 0.1) is 17.6 Å². The van der Waals surface area contributed by atoms with Crippen molar-refractivity contribution in [3.63, 3.8) is 0 Å². The molecule has 0 spiro atoms. The zero-order chi connectivity index (χ0) is 18.1. The van der Waals surface area contributed by atoms with E-state index in [1.807, 2.05) is 26.0 Å². The fourth-order valence-corrected chi connectivity index (χ4v) is 2.91. The highest BCUT2D eigenvalue weighted by molar-refractivity contribution is 5.57. The summed E-state index contributed by atoms with van der Waals surface area (Å²) in [5.41, 5.74) is 6.45. The van der Waals surface area contributed by atoms with E-state index in [0.29, 0.717) is 22.8 Å². The van der Waals surface area contributed by atoms with Gasteiger partial charge in [-0.05, 0) is 26.8 Å². The largest absolute Gasteiger partial charge is 0.491 e. The summed E-state index contributed by atoms with van der Waals surface area (Å²) in [4.78, 5) is 12.5. The van der Waals surface area contributed by atoms with Crippen LogP contribution in [0.15, 0.2) is 51.0 Å². The molecule has 0 aliphatic carbocycles. The molecule has 128 valence electrons. The molecule has 3 rings (SSSR count). The minimum absolute atomic E-state index is 0.0237. The summed E-state index contributed by atoms with van der Waals surface area (Å²) in [5, 5.41) is 9.60. The molecule has 0 radical (unpaired) electrons. The molecule has 0 fully saturated rings. The van der Waals surface area contributed by atoms with Crippen LogP contribution in [0.4, 0.5) is 0 Å². The number of allylic oxidation sites excluding steroid dienone is 1. The van der Waals surface area contributed by atoms with Crippen molar-refractivity contribution in [1.29, 1.82) is 5.26 Å². The summed E-state index contributed by atoms with van der Waals surface area (Å²) < 4.78 is 16.6. The zero-order valence-corrected chi connectivity index (χ0v) is 14.2. The van der Waals surface area contributed by atoms with E-state index in [1.165, 1.54) is 0 Å². The second-order valence-corrected chi connectivity index (χ2v) is 6.05. The van der Waals surface area contributed by atoms with E-state index in [2.05, 4.69) is 6.07 Å². The van der Waals surface area contributed by atoms with E-state index in [1.54, 1.807) is 25.1 Å². The maximum Gasteiger partial charge on any atom is 0.343 e. The smallest absolute Gasteiger partial charge is 0.343 e. The van der Waals surface area contributed by atoms with E-state index in [9.17, 15) is 10.1 Å². The van der Waals surface area contributed by atoms with Crippen molar-refractivity contribution in [1.82, 2.24) is 0 Å². The molecule has 6 heteroatoms. The molecule has 1 aliphatic heterocycles. The molecule has 0 saturated heterocycles. The van der Waals surface area contributed by atoms with Gasteiger partial charge in [0.2, 0.25) is 5.88 Å². The van der Waals surface area contributed by atoms with Crippen LogP contribution in [0.5, 0.6) is 11.5 Å². The van der Waals surface area contributed by atoms with Crippen molar-refractivity contribution < 1.29 is 13.9 Å². The maximum atomic E-state index is 12.5. The van der Waals surface area contributed by atoms with Crippen LogP contribution in [0.25, 0.3) is 0 Å². The van der Waals surface area contributed by atoms with Gasteiger partial charge in [0.1, 0.15) is 28.9 Å². The van der Waals surface area contributed by atoms with Crippen molar-refractivity contribution in [2.24, 2.45) is 5.73 Å². The Morgan fingerprint density at radius 3 is 2.72 bits per heavy atom. The molecule has 2 N–H and O–H groups in total. The van der Waals surface area contributed by atoms with Crippen molar-refractivity contribution >= 4 is 0 Å². The predicted molar refractivity (Wildman–Crippen MR) is 91.2 cm³/mol. The predicted octanol–water partition coefficient (Wildman–Crippen LogP) is 2.95. The van der Waals surface area contributed by atoms with Crippen LogP contribution in [0, 0.1) is 18.3 Å². The summed E-state index contributed by atoms with van der Waals surface area (Å²) >= 11 is 0. The summed E-state index contributed by atoms with van der Waals surface area (Å²) in [6, 6.07) is 10.9. The number of hydrogen-bond donors (Lipinski definition) is 1. The Balaban J connectivity index is 2.29. The molecule has 1 aromatic heterocycles. The number of benzene rings is 1. The Morgan fingerprint density at radius 2 is 2.04 bits per heavy atom. The number of hydrogen-bond acceptors (Lipinski definition) is 6. The number of nitriles is 1. The third-order valence-corrected chi connectivity index (χ3v) is 3.85. The van der Waals surface area contributed by atoms with Gasteiger partial charge in [-0.1, -0.05) is 18.2 Å². The van der Waals surface area contributed by atoms with Gasteiger partial charge in [-0.25, -0.2) is 4.79 Å². The van der Waals surface area contributed by atoms with Crippen LogP contribution in [0.1, 0.15) is 36.7 Å². The van der Waals surface area contributed by atoms with Crippen molar-refractivity contribution in [2.45, 2.75) is 32.8 Å². The standard InChI is InChI=1S/C19H18N2O4/c1-10(2)23-14-7-5-4-6-12(14)16-13(9-20)18(21)25-15-8-11(3)24-19(22)17(15)16/h4-8,10,16H,21H2,1-3H3. The second kappa shape index (κ2) is 6.36. The highest BCUT2D eigenvalue weighted by atomic mass is 16.5. The highest BCUT2D eigenvalue weighted by Crippen LogP contribution is 2.43. The third kappa shape index (κ3) is 2.96. The van der Waals surface area contributed by atoms with Gasteiger partial charge in [-0.3, -0.25) is 0 Å². The minimum Gasteiger partial charge on any atom is -0.491 e. The normalized spacial score (nSPS) is 16.2. The van der Waals surface area contributed by atoms with E-state index < -0.39 is 11.5 Å². The average molecular weight is 338 g/mol. The molecule has 0 saturated carbocycles. The number of aryl methyl sites for hydroxylation is 1. The lowest BCUT2D eigenvalue weighted by atomic mass is 9.84. The van der Waals surface area contributed by atoms with Crippen LogP contribution in [0.2, 0.25) is 0 Å². The Kier molecular flexibility index (Phi) is 4.24. The molecule has 1 aliphatic rings. The van der Waals surface area contributed by atoms with E-state index in [0.717, 1.165) is 0 Å².